The van der Waals surface area contributed by atoms with Crippen LogP contribution < -0.4 is 9.47 Å². The Morgan fingerprint density at radius 2 is 2.04 bits per heavy atom. The summed E-state index contributed by atoms with van der Waals surface area (Å²) in [4.78, 5) is 19.5. The van der Waals surface area contributed by atoms with Gasteiger partial charge in [-0.25, -0.2) is 4.98 Å². The van der Waals surface area contributed by atoms with Crippen molar-refractivity contribution in [2.45, 2.75) is 37.5 Å². The van der Waals surface area contributed by atoms with E-state index in [1.807, 2.05) is 4.90 Å². The molecule has 1 atom stereocenters. The number of hydrogen-bond acceptors (Lipinski definition) is 5. The van der Waals surface area contributed by atoms with Crippen molar-refractivity contribution < 1.29 is 14.3 Å². The van der Waals surface area contributed by atoms with E-state index in [1.165, 1.54) is 12.8 Å². The zero-order chi connectivity index (χ0) is 16.8. The lowest BCUT2D eigenvalue weighted by Crippen LogP contribution is -2.39. The second kappa shape index (κ2) is 5.75. The minimum atomic E-state index is 0.0287. The van der Waals surface area contributed by atoms with Gasteiger partial charge in [-0.15, -0.1) is 0 Å². The summed E-state index contributed by atoms with van der Waals surface area (Å²) < 4.78 is 10.7. The van der Waals surface area contributed by atoms with Crippen LogP contribution in [0.4, 0.5) is 0 Å². The van der Waals surface area contributed by atoms with Gasteiger partial charge in [0.25, 0.3) is 5.91 Å². The van der Waals surface area contributed by atoms with Crippen LogP contribution in [0.3, 0.4) is 0 Å². The van der Waals surface area contributed by atoms with E-state index in [1.54, 1.807) is 18.2 Å². The molecule has 1 aliphatic carbocycles. The second-order valence-corrected chi connectivity index (χ2v) is 7.01. The number of rotatable bonds is 3. The van der Waals surface area contributed by atoms with Gasteiger partial charge in [-0.1, -0.05) is 0 Å². The van der Waals surface area contributed by atoms with Crippen LogP contribution in [0.25, 0.3) is 0 Å². The number of aromatic amines is 1. The molecule has 7 nitrogen and oxygen atoms in total. The molecular formula is C18H20N4O3. The van der Waals surface area contributed by atoms with Crippen molar-refractivity contribution >= 4 is 5.91 Å². The molecule has 2 aliphatic heterocycles. The summed E-state index contributed by atoms with van der Waals surface area (Å²) in [7, 11) is 0. The second-order valence-electron chi connectivity index (χ2n) is 7.01. The van der Waals surface area contributed by atoms with Crippen molar-refractivity contribution in [2.75, 3.05) is 19.9 Å². The molecular weight excluding hydrogens is 320 g/mol. The molecule has 3 aliphatic rings. The smallest absolute Gasteiger partial charge is 0.254 e. The number of amides is 1. The first kappa shape index (κ1) is 14.7. The first-order valence-electron chi connectivity index (χ1n) is 8.89. The molecule has 2 fully saturated rings. The SMILES string of the molecule is O=C(c1ccc2c(c1)OCO2)N1CCC[C@H](c2n[nH]c(C3CC3)n2)C1. The molecule has 2 aromatic rings. The Morgan fingerprint density at radius 3 is 2.92 bits per heavy atom. The van der Waals surface area contributed by atoms with Gasteiger partial charge in [-0.2, -0.15) is 5.10 Å². The van der Waals surface area contributed by atoms with Crippen LogP contribution in [0.2, 0.25) is 0 Å². The molecule has 1 saturated carbocycles. The number of nitrogens with one attached hydrogen (secondary N) is 1. The predicted molar refractivity (Wildman–Crippen MR) is 88.8 cm³/mol. The molecule has 1 aromatic heterocycles. The van der Waals surface area contributed by atoms with Gasteiger partial charge in [-0.05, 0) is 43.9 Å². The number of aromatic nitrogens is 3. The predicted octanol–water partition coefficient (Wildman–Crippen LogP) is 2.43. The largest absolute Gasteiger partial charge is 0.454 e. The quantitative estimate of drug-likeness (QED) is 0.928. The number of H-pyrrole nitrogens is 1. The fourth-order valence-electron chi connectivity index (χ4n) is 3.59. The zero-order valence-corrected chi connectivity index (χ0v) is 13.9. The van der Waals surface area contributed by atoms with Crippen molar-refractivity contribution in [3.05, 3.63) is 35.4 Å². The summed E-state index contributed by atoms with van der Waals surface area (Å²) in [5, 5.41) is 7.48. The van der Waals surface area contributed by atoms with Crippen molar-refractivity contribution in [3.8, 4) is 11.5 Å². The summed E-state index contributed by atoms with van der Waals surface area (Å²) in [5.74, 6) is 4.00. The highest BCUT2D eigenvalue weighted by Crippen LogP contribution is 2.38. The van der Waals surface area contributed by atoms with E-state index in [0.29, 0.717) is 29.5 Å². The lowest BCUT2D eigenvalue weighted by molar-refractivity contribution is 0.0704. The molecule has 1 saturated heterocycles. The highest BCUT2D eigenvalue weighted by molar-refractivity contribution is 5.95. The fraction of sp³-hybridized carbons (Fsp3) is 0.500. The maximum Gasteiger partial charge on any atom is 0.254 e. The van der Waals surface area contributed by atoms with Crippen molar-refractivity contribution in [1.82, 2.24) is 20.1 Å². The van der Waals surface area contributed by atoms with E-state index >= 15 is 0 Å². The maximum absolute atomic E-state index is 12.9. The van der Waals surface area contributed by atoms with Crippen molar-refractivity contribution in [3.63, 3.8) is 0 Å². The molecule has 0 radical (unpaired) electrons. The zero-order valence-electron chi connectivity index (χ0n) is 13.9. The van der Waals surface area contributed by atoms with Crippen molar-refractivity contribution in [2.24, 2.45) is 0 Å². The Labute approximate surface area is 145 Å². The summed E-state index contributed by atoms with van der Waals surface area (Å²) in [6.07, 6.45) is 4.39. The number of ether oxygens (including phenoxy) is 2. The molecule has 0 bridgehead atoms. The van der Waals surface area contributed by atoms with E-state index in [2.05, 4.69) is 15.2 Å². The van der Waals surface area contributed by atoms with Crippen LogP contribution in [-0.4, -0.2) is 45.9 Å². The first-order chi connectivity index (χ1) is 12.3. The third-order valence-electron chi connectivity index (χ3n) is 5.18. The number of hydrogen-bond donors (Lipinski definition) is 1. The molecule has 3 heterocycles. The highest BCUT2D eigenvalue weighted by Gasteiger charge is 2.31. The molecule has 7 heteroatoms. The minimum Gasteiger partial charge on any atom is -0.454 e. The summed E-state index contributed by atoms with van der Waals surface area (Å²) in [6, 6.07) is 5.37. The maximum atomic E-state index is 12.9. The van der Waals surface area contributed by atoms with Gasteiger partial charge in [0.1, 0.15) is 5.82 Å². The van der Waals surface area contributed by atoms with Crippen LogP contribution in [-0.2, 0) is 0 Å². The van der Waals surface area contributed by atoms with Gasteiger partial charge < -0.3 is 14.4 Å². The van der Waals surface area contributed by atoms with Gasteiger partial charge in [0.05, 0.1) is 0 Å². The molecule has 25 heavy (non-hydrogen) atoms. The lowest BCUT2D eigenvalue weighted by atomic mass is 9.96. The normalized spacial score (nSPS) is 22.2. The van der Waals surface area contributed by atoms with E-state index in [-0.39, 0.29) is 18.6 Å². The van der Waals surface area contributed by atoms with Gasteiger partial charge in [-0.3, -0.25) is 9.89 Å². The summed E-state index contributed by atoms with van der Waals surface area (Å²) in [6.45, 7) is 1.64. The minimum absolute atomic E-state index is 0.0287. The lowest BCUT2D eigenvalue weighted by Gasteiger charge is -2.31. The summed E-state index contributed by atoms with van der Waals surface area (Å²) >= 11 is 0. The van der Waals surface area contributed by atoms with E-state index in [0.717, 1.165) is 31.0 Å². The number of benzene rings is 1. The number of carbonyl (C=O) groups excluding carboxylic acids is 1. The number of fused-ring (bicyclic) bond motifs is 1. The van der Waals surface area contributed by atoms with Gasteiger partial charge in [0.15, 0.2) is 17.3 Å². The van der Waals surface area contributed by atoms with Gasteiger partial charge in [0.2, 0.25) is 6.79 Å². The monoisotopic (exact) mass is 340 g/mol. The third-order valence-corrected chi connectivity index (χ3v) is 5.18. The van der Waals surface area contributed by atoms with Crippen LogP contribution >= 0.6 is 0 Å². The third kappa shape index (κ3) is 2.73. The van der Waals surface area contributed by atoms with Crippen LogP contribution in [0, 0.1) is 0 Å². The Morgan fingerprint density at radius 1 is 1.16 bits per heavy atom. The Hall–Kier alpha value is -2.57. The van der Waals surface area contributed by atoms with E-state index in [4.69, 9.17) is 9.47 Å². The topological polar surface area (TPSA) is 80.3 Å². The molecule has 1 amide bonds. The number of nitrogens with zero attached hydrogens (tertiary/aromatic N) is 3. The van der Waals surface area contributed by atoms with Crippen LogP contribution in [0.5, 0.6) is 11.5 Å². The average molecular weight is 340 g/mol. The molecule has 1 N–H and O–H groups in total. The van der Waals surface area contributed by atoms with E-state index in [9.17, 15) is 4.79 Å². The Bertz CT molecular complexity index is 814. The fourth-order valence-corrected chi connectivity index (χ4v) is 3.59. The Kier molecular flexibility index (Phi) is 3.39. The standard InChI is InChI=1S/C18H20N4O3/c23-18(12-5-6-14-15(8-12)25-10-24-14)22-7-1-2-13(9-22)17-19-16(20-21-17)11-3-4-11/h5-6,8,11,13H,1-4,7,9-10H2,(H,19,20,21)/t13-/m0/s1. The van der Waals surface area contributed by atoms with Crippen molar-refractivity contribution in [1.29, 1.82) is 0 Å². The molecule has 0 unspecified atom stereocenters. The molecule has 130 valence electrons. The molecule has 0 spiro atoms. The Balaban J connectivity index is 1.32. The summed E-state index contributed by atoms with van der Waals surface area (Å²) in [5.41, 5.74) is 0.638. The van der Waals surface area contributed by atoms with Crippen LogP contribution in [0.1, 0.15) is 59.5 Å². The molecule has 5 rings (SSSR count). The number of piperidine rings is 1. The number of likely N-dealkylation sites (tertiary alicyclic amines) is 1. The van der Waals surface area contributed by atoms with E-state index < -0.39 is 0 Å². The molecule has 1 aromatic carbocycles. The highest BCUT2D eigenvalue weighted by atomic mass is 16.7. The average Bonchev–Trinajstić information content (AvgIpc) is 3.20. The van der Waals surface area contributed by atoms with Crippen LogP contribution in [0.15, 0.2) is 18.2 Å². The van der Waals surface area contributed by atoms with Gasteiger partial charge >= 0.3 is 0 Å². The first-order valence-corrected chi connectivity index (χ1v) is 8.89. The van der Waals surface area contributed by atoms with Gasteiger partial charge in [0, 0.05) is 30.5 Å². The number of carbonyl (C=O) groups is 1.